The molecule has 0 radical (unpaired) electrons. The third-order valence-electron chi connectivity index (χ3n) is 2.70. The number of rotatable bonds is 5. The van der Waals surface area contributed by atoms with Gasteiger partial charge in [0.15, 0.2) is 0 Å². The van der Waals surface area contributed by atoms with Gasteiger partial charge in [-0.3, -0.25) is 0 Å². The second kappa shape index (κ2) is 6.21. The van der Waals surface area contributed by atoms with E-state index in [0.717, 1.165) is 5.01 Å². The Labute approximate surface area is 130 Å². The van der Waals surface area contributed by atoms with Crippen LogP contribution in [0.5, 0.6) is 0 Å². The number of nitrogens with two attached hydrogens (primary N) is 1. The summed E-state index contributed by atoms with van der Waals surface area (Å²) in [6, 6.07) is 4.28. The van der Waals surface area contributed by atoms with Crippen molar-refractivity contribution in [3.8, 4) is 0 Å². The number of nitrogens with zero attached hydrogens (tertiary/aromatic N) is 1. The summed E-state index contributed by atoms with van der Waals surface area (Å²) in [6.45, 7) is 1.91. The van der Waals surface area contributed by atoms with E-state index in [4.69, 9.17) is 5.73 Å². The van der Waals surface area contributed by atoms with E-state index in [9.17, 15) is 8.42 Å². The molecule has 0 spiro atoms. The fourth-order valence-electron chi connectivity index (χ4n) is 1.70. The molecule has 1 heterocycles. The molecular weight excluding hydrogens is 362 g/mol. The number of hydrogen-bond acceptors (Lipinski definition) is 5. The Balaban J connectivity index is 2.31. The molecule has 1 aromatic carbocycles. The summed E-state index contributed by atoms with van der Waals surface area (Å²) in [6.07, 6.45) is 2.29. The van der Waals surface area contributed by atoms with Gasteiger partial charge in [-0.2, -0.15) is 0 Å². The second-order valence-corrected chi connectivity index (χ2v) is 7.61. The van der Waals surface area contributed by atoms with E-state index >= 15 is 0 Å². The Hall–Kier alpha value is -0.960. The largest absolute Gasteiger partial charge is 0.399 e. The first kappa shape index (κ1) is 15.4. The highest BCUT2D eigenvalue weighted by molar-refractivity contribution is 9.10. The summed E-state index contributed by atoms with van der Waals surface area (Å²) in [4.78, 5) is 4.33. The summed E-state index contributed by atoms with van der Waals surface area (Å²) in [5.41, 5.74) is 6.12. The number of benzene rings is 1. The fraction of sp³-hybridized carbons (Fsp3) is 0.250. The lowest BCUT2D eigenvalue weighted by molar-refractivity contribution is 0.548. The molecule has 0 saturated heterocycles. The summed E-state index contributed by atoms with van der Waals surface area (Å²) in [5.74, 6) is 0. The molecule has 0 fully saturated rings. The van der Waals surface area contributed by atoms with Crippen LogP contribution >= 0.6 is 27.3 Å². The number of anilines is 1. The Kier molecular flexibility index (Phi) is 4.79. The van der Waals surface area contributed by atoms with Gasteiger partial charge in [0.25, 0.3) is 0 Å². The quantitative estimate of drug-likeness (QED) is 0.786. The summed E-state index contributed by atoms with van der Waals surface area (Å²) >= 11 is 4.66. The molecule has 8 heteroatoms. The maximum Gasteiger partial charge on any atom is 0.242 e. The van der Waals surface area contributed by atoms with E-state index in [-0.39, 0.29) is 10.9 Å². The van der Waals surface area contributed by atoms with Gasteiger partial charge in [-0.05, 0) is 40.5 Å². The summed E-state index contributed by atoms with van der Waals surface area (Å²) < 4.78 is 28.0. The standard InChI is InChI=1S/C12H14BrN3O2S2/c1-2-10(12-15-5-6-19-12)16-20(17,18)11-4-3-8(14)7-9(11)13/h3-7,10,16H,2,14H2,1H3. The lowest BCUT2D eigenvalue weighted by atomic mass is 10.3. The highest BCUT2D eigenvalue weighted by Crippen LogP contribution is 2.27. The molecule has 0 amide bonds. The molecule has 2 aromatic rings. The van der Waals surface area contributed by atoms with Gasteiger partial charge in [0.1, 0.15) is 5.01 Å². The highest BCUT2D eigenvalue weighted by Gasteiger charge is 2.23. The molecule has 0 aliphatic carbocycles. The molecule has 5 nitrogen and oxygen atoms in total. The van der Waals surface area contributed by atoms with Crippen molar-refractivity contribution in [1.82, 2.24) is 9.71 Å². The van der Waals surface area contributed by atoms with Gasteiger partial charge in [0.05, 0.1) is 10.9 Å². The van der Waals surface area contributed by atoms with Crippen LogP contribution < -0.4 is 10.5 Å². The minimum Gasteiger partial charge on any atom is -0.399 e. The summed E-state index contributed by atoms with van der Waals surface area (Å²) in [7, 11) is -3.63. The van der Waals surface area contributed by atoms with Crippen molar-refractivity contribution >= 4 is 43.0 Å². The molecule has 20 heavy (non-hydrogen) atoms. The van der Waals surface area contributed by atoms with Crippen molar-refractivity contribution in [2.75, 3.05) is 5.73 Å². The Morgan fingerprint density at radius 1 is 1.50 bits per heavy atom. The number of thiazole rings is 1. The zero-order chi connectivity index (χ0) is 14.8. The first-order valence-electron chi connectivity index (χ1n) is 5.90. The third-order valence-corrected chi connectivity index (χ3v) is 6.04. The van der Waals surface area contributed by atoms with Crippen molar-refractivity contribution in [2.45, 2.75) is 24.3 Å². The Bertz CT molecular complexity index is 687. The minimum absolute atomic E-state index is 0.168. The van der Waals surface area contributed by atoms with Gasteiger partial charge < -0.3 is 5.73 Å². The van der Waals surface area contributed by atoms with Gasteiger partial charge in [0, 0.05) is 21.7 Å². The number of nitrogens with one attached hydrogen (secondary N) is 1. The van der Waals surface area contributed by atoms with Crippen LogP contribution in [-0.2, 0) is 10.0 Å². The van der Waals surface area contributed by atoms with Crippen LogP contribution in [0.2, 0.25) is 0 Å². The molecule has 2 rings (SSSR count). The molecule has 3 N–H and O–H groups in total. The lowest BCUT2D eigenvalue weighted by Gasteiger charge is -2.15. The number of aromatic nitrogens is 1. The van der Waals surface area contributed by atoms with Crippen LogP contribution in [0, 0.1) is 0 Å². The zero-order valence-corrected chi connectivity index (χ0v) is 13.9. The minimum atomic E-state index is -3.63. The number of sulfonamides is 1. The monoisotopic (exact) mass is 375 g/mol. The van der Waals surface area contributed by atoms with Crippen LogP contribution in [0.25, 0.3) is 0 Å². The van der Waals surface area contributed by atoms with Crippen molar-refractivity contribution in [1.29, 1.82) is 0 Å². The highest BCUT2D eigenvalue weighted by atomic mass is 79.9. The molecule has 0 saturated carbocycles. The van der Waals surface area contributed by atoms with Crippen molar-refractivity contribution in [3.05, 3.63) is 39.3 Å². The molecule has 0 aliphatic rings. The predicted octanol–water partition coefficient (Wildman–Crippen LogP) is 2.92. The van der Waals surface area contributed by atoms with Crippen LogP contribution in [0.15, 0.2) is 39.1 Å². The van der Waals surface area contributed by atoms with Gasteiger partial charge in [0.2, 0.25) is 10.0 Å². The zero-order valence-electron chi connectivity index (χ0n) is 10.7. The molecule has 0 bridgehead atoms. The fourth-order valence-corrected chi connectivity index (χ4v) is 4.93. The van der Waals surface area contributed by atoms with Gasteiger partial charge in [-0.15, -0.1) is 11.3 Å². The first-order valence-corrected chi connectivity index (χ1v) is 9.06. The van der Waals surface area contributed by atoms with Crippen molar-refractivity contribution < 1.29 is 8.42 Å². The van der Waals surface area contributed by atoms with Crippen molar-refractivity contribution in [3.63, 3.8) is 0 Å². The van der Waals surface area contributed by atoms with E-state index in [1.165, 1.54) is 17.4 Å². The van der Waals surface area contributed by atoms with Gasteiger partial charge in [-0.1, -0.05) is 6.92 Å². The van der Waals surface area contributed by atoms with E-state index < -0.39 is 10.0 Å². The SMILES string of the molecule is CCC(NS(=O)(=O)c1ccc(N)cc1Br)c1nccs1. The average Bonchev–Trinajstić information content (AvgIpc) is 2.89. The van der Waals surface area contributed by atoms with Crippen LogP contribution in [0.3, 0.4) is 0 Å². The Morgan fingerprint density at radius 3 is 2.80 bits per heavy atom. The third kappa shape index (κ3) is 3.38. The van der Waals surface area contributed by atoms with Crippen LogP contribution in [-0.4, -0.2) is 13.4 Å². The average molecular weight is 376 g/mol. The Morgan fingerprint density at radius 2 is 2.25 bits per heavy atom. The molecule has 1 atom stereocenters. The van der Waals surface area contributed by atoms with Gasteiger partial charge >= 0.3 is 0 Å². The molecule has 1 aromatic heterocycles. The van der Waals surface area contributed by atoms with E-state index in [2.05, 4.69) is 25.6 Å². The van der Waals surface area contributed by atoms with Crippen LogP contribution in [0.1, 0.15) is 24.4 Å². The van der Waals surface area contributed by atoms with Crippen LogP contribution in [0.4, 0.5) is 5.69 Å². The smallest absolute Gasteiger partial charge is 0.242 e. The first-order chi connectivity index (χ1) is 9.44. The van der Waals surface area contributed by atoms with E-state index in [1.807, 2.05) is 12.3 Å². The number of halogens is 1. The number of nitrogen functional groups attached to an aromatic ring is 1. The molecule has 108 valence electrons. The molecule has 0 aliphatic heterocycles. The van der Waals surface area contributed by atoms with Gasteiger partial charge in [-0.25, -0.2) is 18.1 Å². The molecular formula is C12H14BrN3O2S2. The number of hydrogen-bond donors (Lipinski definition) is 2. The maximum atomic E-state index is 12.4. The van der Waals surface area contributed by atoms with E-state index in [1.54, 1.807) is 18.3 Å². The predicted molar refractivity (Wildman–Crippen MR) is 84.0 cm³/mol. The lowest BCUT2D eigenvalue weighted by Crippen LogP contribution is -2.28. The molecule has 1 unspecified atom stereocenters. The second-order valence-electron chi connectivity index (χ2n) is 4.14. The maximum absolute atomic E-state index is 12.4. The van der Waals surface area contributed by atoms with Crippen molar-refractivity contribution in [2.24, 2.45) is 0 Å². The van der Waals surface area contributed by atoms with E-state index in [0.29, 0.717) is 16.6 Å². The summed E-state index contributed by atoms with van der Waals surface area (Å²) in [5, 5.41) is 2.58. The normalized spacial score (nSPS) is 13.3. The topological polar surface area (TPSA) is 85.1 Å².